The Hall–Kier alpha value is -2.36. The van der Waals surface area contributed by atoms with Crippen molar-refractivity contribution in [3.63, 3.8) is 0 Å². The van der Waals surface area contributed by atoms with Crippen molar-refractivity contribution < 1.29 is 0 Å². The van der Waals surface area contributed by atoms with Crippen molar-refractivity contribution in [2.24, 2.45) is 0 Å². The smallest absolute Gasteiger partial charge is 0.143 e. The molecule has 1 atom stereocenters. The van der Waals surface area contributed by atoms with E-state index < -0.39 is 0 Å². The summed E-state index contributed by atoms with van der Waals surface area (Å²) >= 11 is 6.13. The topological polar surface area (TPSA) is 71.8 Å². The van der Waals surface area contributed by atoms with E-state index in [9.17, 15) is 0 Å². The summed E-state index contributed by atoms with van der Waals surface area (Å²) in [6, 6.07) is 8.47. The number of nitrogens with one attached hydrogen (secondary N) is 1. The van der Waals surface area contributed by atoms with E-state index in [0.29, 0.717) is 17.5 Å². The van der Waals surface area contributed by atoms with Crippen LogP contribution in [0.15, 0.2) is 24.5 Å². The number of rotatable bonds is 4. The molecule has 0 amide bonds. The zero-order valence-electron chi connectivity index (χ0n) is 14.7. The van der Waals surface area contributed by atoms with Crippen LogP contribution in [-0.2, 0) is 0 Å². The molecule has 1 aliphatic rings. The van der Waals surface area contributed by atoms with Gasteiger partial charge in [0.15, 0.2) is 0 Å². The Bertz CT molecular complexity index is 975. The number of halogens is 1. The molecule has 1 N–H and O–H groups in total. The van der Waals surface area contributed by atoms with E-state index in [1.54, 1.807) is 6.33 Å². The van der Waals surface area contributed by atoms with Crippen LogP contribution in [0, 0.1) is 11.3 Å². The minimum absolute atomic E-state index is 0.373. The van der Waals surface area contributed by atoms with Gasteiger partial charge in [-0.25, -0.2) is 9.97 Å². The molecule has 1 fully saturated rings. The van der Waals surface area contributed by atoms with Gasteiger partial charge in [-0.2, -0.15) is 5.26 Å². The monoisotopic (exact) mass is 368 g/mol. The lowest BCUT2D eigenvalue weighted by Gasteiger charge is -2.38. The Labute approximate surface area is 157 Å². The van der Waals surface area contributed by atoms with E-state index in [1.165, 1.54) is 0 Å². The number of nitriles is 1. The average Bonchev–Trinajstić information content (AvgIpc) is 3.03. The summed E-state index contributed by atoms with van der Waals surface area (Å²) in [4.78, 5) is 17.0. The molecule has 1 saturated heterocycles. The summed E-state index contributed by atoms with van der Waals surface area (Å²) in [5, 5.41) is 11.7. The molecule has 0 bridgehead atoms. The van der Waals surface area contributed by atoms with Crippen LogP contribution in [-0.4, -0.2) is 52.6 Å². The molecule has 4 rings (SSSR count). The predicted molar refractivity (Wildman–Crippen MR) is 104 cm³/mol. The van der Waals surface area contributed by atoms with Gasteiger partial charge in [-0.15, -0.1) is 0 Å². The quantitative estimate of drug-likeness (QED) is 0.762. The summed E-state index contributed by atoms with van der Waals surface area (Å²) < 4.78 is 0. The molecule has 0 spiro atoms. The van der Waals surface area contributed by atoms with Crippen molar-refractivity contribution in [1.82, 2.24) is 19.9 Å². The van der Waals surface area contributed by atoms with Gasteiger partial charge in [-0.05, 0) is 31.5 Å². The molecule has 1 aromatic carbocycles. The molecule has 0 unspecified atom stereocenters. The van der Waals surface area contributed by atoms with Gasteiger partial charge in [0.1, 0.15) is 17.8 Å². The molecule has 3 aromatic rings. The van der Waals surface area contributed by atoms with E-state index in [0.717, 1.165) is 60.2 Å². The van der Waals surface area contributed by atoms with Crippen LogP contribution in [0.4, 0.5) is 5.82 Å². The highest BCUT2D eigenvalue weighted by Crippen LogP contribution is 2.33. The number of aromatic amines is 1. The van der Waals surface area contributed by atoms with E-state index >= 15 is 0 Å². The lowest BCUT2D eigenvalue weighted by Crippen LogP contribution is -2.47. The molecular weight excluding hydrogens is 348 g/mol. The maximum Gasteiger partial charge on any atom is 0.143 e. The number of benzene rings is 1. The van der Waals surface area contributed by atoms with Crippen LogP contribution in [0.3, 0.4) is 0 Å². The van der Waals surface area contributed by atoms with Crippen molar-refractivity contribution in [1.29, 1.82) is 5.26 Å². The van der Waals surface area contributed by atoms with Crippen LogP contribution in [0.2, 0.25) is 5.02 Å². The lowest BCUT2D eigenvalue weighted by atomic mass is 10.0. The summed E-state index contributed by atoms with van der Waals surface area (Å²) in [5.41, 5.74) is 1.80. The van der Waals surface area contributed by atoms with Crippen LogP contribution >= 0.6 is 11.6 Å². The summed E-state index contributed by atoms with van der Waals surface area (Å²) in [5.74, 6) is 0.940. The number of likely N-dealkylation sites (N-methyl/N-ethyl adjacent to an activating group) is 1. The molecule has 0 saturated carbocycles. The number of aromatic nitrogens is 3. The zero-order valence-corrected chi connectivity index (χ0v) is 15.5. The Kier molecular flexibility index (Phi) is 4.66. The predicted octanol–water partition coefficient (Wildman–Crippen LogP) is 3.58. The molecule has 7 heteroatoms. The maximum atomic E-state index is 8.85. The molecule has 6 nitrogen and oxygen atoms in total. The van der Waals surface area contributed by atoms with Gasteiger partial charge in [0.05, 0.1) is 11.5 Å². The fourth-order valence-electron chi connectivity index (χ4n) is 3.88. The minimum Gasteiger partial charge on any atom is -0.355 e. The Balaban J connectivity index is 1.69. The first-order valence-corrected chi connectivity index (χ1v) is 9.29. The van der Waals surface area contributed by atoms with E-state index in [2.05, 4.69) is 37.9 Å². The molecule has 2 aromatic heterocycles. The maximum absolute atomic E-state index is 8.85. The van der Waals surface area contributed by atoms with Gasteiger partial charge in [-0.1, -0.05) is 17.7 Å². The molecule has 26 heavy (non-hydrogen) atoms. The second-order valence-electron chi connectivity index (χ2n) is 6.85. The Morgan fingerprint density at radius 1 is 1.42 bits per heavy atom. The third-order valence-electron chi connectivity index (χ3n) is 5.23. The second kappa shape index (κ2) is 7.10. The van der Waals surface area contributed by atoms with E-state index in [1.807, 2.05) is 18.2 Å². The number of fused-ring (bicyclic) bond motifs is 3. The molecule has 0 radical (unpaired) electrons. The number of anilines is 1. The van der Waals surface area contributed by atoms with Gasteiger partial charge in [0.2, 0.25) is 0 Å². The third kappa shape index (κ3) is 3.09. The van der Waals surface area contributed by atoms with Crippen molar-refractivity contribution in [2.75, 3.05) is 31.6 Å². The number of hydrogen-bond acceptors (Lipinski definition) is 5. The van der Waals surface area contributed by atoms with Gasteiger partial charge in [-0.3, -0.25) is 0 Å². The van der Waals surface area contributed by atoms with Gasteiger partial charge in [0.25, 0.3) is 0 Å². The molecular formula is C19H21ClN6. The molecule has 3 heterocycles. The van der Waals surface area contributed by atoms with Crippen LogP contribution in [0.25, 0.3) is 21.9 Å². The van der Waals surface area contributed by atoms with Gasteiger partial charge >= 0.3 is 0 Å². The van der Waals surface area contributed by atoms with Crippen LogP contribution in [0.5, 0.6) is 0 Å². The summed E-state index contributed by atoms with van der Waals surface area (Å²) in [6.45, 7) is 2.86. The lowest BCUT2D eigenvalue weighted by molar-refractivity contribution is 0.210. The summed E-state index contributed by atoms with van der Waals surface area (Å²) in [6.07, 6.45) is 4.45. The number of hydrogen-bond donors (Lipinski definition) is 1. The van der Waals surface area contributed by atoms with Crippen molar-refractivity contribution >= 4 is 39.4 Å². The highest BCUT2D eigenvalue weighted by Gasteiger charge is 2.25. The first-order valence-electron chi connectivity index (χ1n) is 8.91. The standard InChI is InChI=1S/C19H21ClN6/c1-25(14-4-2-8-26(11-14)9-3-7-21)19-17-15-6-5-13(20)10-16(15)24-18(17)22-12-23-19/h5-6,10,12,14H,2-4,8-9,11H2,1H3,(H,22,23,24)/t14-/m1/s1. The number of nitrogens with zero attached hydrogens (tertiary/aromatic N) is 5. The van der Waals surface area contributed by atoms with Gasteiger partial charge in [0, 0.05) is 48.5 Å². The normalized spacial score (nSPS) is 18.3. The summed E-state index contributed by atoms with van der Waals surface area (Å²) in [7, 11) is 2.11. The first-order chi connectivity index (χ1) is 12.7. The van der Waals surface area contributed by atoms with Crippen molar-refractivity contribution in [3.8, 4) is 6.07 Å². The minimum atomic E-state index is 0.373. The zero-order chi connectivity index (χ0) is 18.1. The van der Waals surface area contributed by atoms with E-state index in [-0.39, 0.29) is 0 Å². The average molecular weight is 369 g/mol. The fourth-order valence-corrected chi connectivity index (χ4v) is 4.06. The molecule has 1 aliphatic heterocycles. The fraction of sp³-hybridized carbons (Fsp3) is 0.421. The highest BCUT2D eigenvalue weighted by molar-refractivity contribution is 6.31. The number of H-pyrrole nitrogens is 1. The largest absolute Gasteiger partial charge is 0.355 e. The SMILES string of the molecule is CN(c1ncnc2[nH]c3cc(Cl)ccc3c12)[C@@H]1CCCN(CCC#N)C1. The third-order valence-corrected chi connectivity index (χ3v) is 5.47. The second-order valence-corrected chi connectivity index (χ2v) is 7.29. The molecule has 0 aliphatic carbocycles. The van der Waals surface area contributed by atoms with Crippen LogP contribution < -0.4 is 4.90 Å². The number of likely N-dealkylation sites (tertiary alicyclic amines) is 1. The highest BCUT2D eigenvalue weighted by atomic mass is 35.5. The van der Waals surface area contributed by atoms with Crippen molar-refractivity contribution in [3.05, 3.63) is 29.5 Å². The number of piperidine rings is 1. The molecule has 134 valence electrons. The van der Waals surface area contributed by atoms with Crippen molar-refractivity contribution in [2.45, 2.75) is 25.3 Å². The van der Waals surface area contributed by atoms with Gasteiger partial charge < -0.3 is 14.8 Å². The van der Waals surface area contributed by atoms with Crippen LogP contribution in [0.1, 0.15) is 19.3 Å². The first kappa shape index (κ1) is 17.1. The Morgan fingerprint density at radius 2 is 2.31 bits per heavy atom. The van der Waals surface area contributed by atoms with E-state index in [4.69, 9.17) is 16.9 Å². The Morgan fingerprint density at radius 3 is 3.15 bits per heavy atom.